The molecule has 0 unspecified atom stereocenters. The van der Waals surface area contributed by atoms with E-state index in [-0.39, 0.29) is 5.91 Å². The first-order valence-electron chi connectivity index (χ1n) is 6.91. The molecule has 0 spiro atoms. The van der Waals surface area contributed by atoms with Gasteiger partial charge in [-0.25, -0.2) is 0 Å². The summed E-state index contributed by atoms with van der Waals surface area (Å²) in [6, 6.07) is 10.3. The van der Waals surface area contributed by atoms with Crippen LogP contribution in [0.5, 0.6) is 0 Å². The molecule has 1 fully saturated rings. The average Bonchev–Trinajstić information content (AvgIpc) is 3.06. The van der Waals surface area contributed by atoms with E-state index in [4.69, 9.17) is 0 Å². The molecule has 1 aliphatic heterocycles. The summed E-state index contributed by atoms with van der Waals surface area (Å²) in [6.07, 6.45) is 1.65. The van der Waals surface area contributed by atoms with Crippen molar-refractivity contribution in [1.82, 2.24) is 0 Å². The van der Waals surface area contributed by atoms with Crippen molar-refractivity contribution in [3.8, 4) is 0 Å². The van der Waals surface area contributed by atoms with Gasteiger partial charge in [-0.15, -0.1) is 11.3 Å². The number of nitrogens with zero attached hydrogens (tertiary/aromatic N) is 1. The zero-order valence-electron chi connectivity index (χ0n) is 11.6. The number of thiophene rings is 1. The molecule has 0 aliphatic carbocycles. The van der Waals surface area contributed by atoms with Gasteiger partial charge in [-0.2, -0.15) is 0 Å². The molecule has 0 saturated carbocycles. The maximum atomic E-state index is 11.7. The summed E-state index contributed by atoms with van der Waals surface area (Å²) in [5.74, 6) is 0.236. The lowest BCUT2D eigenvalue weighted by atomic mass is 10.2. The first-order valence-corrected chi connectivity index (χ1v) is 7.79. The molecule has 104 valence electrons. The van der Waals surface area contributed by atoms with Crippen molar-refractivity contribution in [2.24, 2.45) is 0 Å². The van der Waals surface area contributed by atoms with Gasteiger partial charge in [0, 0.05) is 35.8 Å². The molecule has 1 amide bonds. The van der Waals surface area contributed by atoms with Crippen LogP contribution >= 0.6 is 11.3 Å². The van der Waals surface area contributed by atoms with E-state index < -0.39 is 0 Å². The molecule has 1 aromatic heterocycles. The molecule has 2 heterocycles. The fourth-order valence-electron chi connectivity index (χ4n) is 2.45. The van der Waals surface area contributed by atoms with Gasteiger partial charge in [0.05, 0.1) is 0 Å². The Morgan fingerprint density at radius 3 is 2.65 bits per heavy atom. The monoisotopic (exact) mass is 286 g/mol. The third-order valence-electron chi connectivity index (χ3n) is 3.67. The number of carbonyl (C=O) groups is 1. The maximum Gasteiger partial charge on any atom is 0.227 e. The lowest BCUT2D eigenvalue weighted by molar-refractivity contribution is -0.117. The van der Waals surface area contributed by atoms with Gasteiger partial charge in [0.2, 0.25) is 5.91 Å². The number of carbonyl (C=O) groups excluding carboxylic acids is 1. The standard InChI is InChI=1S/C16H18N2OS/c1-12-8-10-20-15(12)11-17-13-4-6-14(7-5-13)18-9-2-3-16(18)19/h4-8,10,17H,2-3,9,11H2,1H3. The number of hydrogen-bond donors (Lipinski definition) is 1. The van der Waals surface area contributed by atoms with E-state index in [0.717, 1.165) is 30.9 Å². The Hall–Kier alpha value is -1.81. The molecule has 0 radical (unpaired) electrons. The van der Waals surface area contributed by atoms with Crippen LogP contribution in [0.25, 0.3) is 0 Å². The molecule has 1 saturated heterocycles. The number of nitrogens with one attached hydrogen (secondary N) is 1. The number of anilines is 2. The molecule has 1 N–H and O–H groups in total. The van der Waals surface area contributed by atoms with Crippen LogP contribution in [0.4, 0.5) is 11.4 Å². The second-order valence-electron chi connectivity index (χ2n) is 5.08. The Labute approximate surface area is 123 Å². The minimum absolute atomic E-state index is 0.236. The topological polar surface area (TPSA) is 32.3 Å². The van der Waals surface area contributed by atoms with Crippen molar-refractivity contribution >= 4 is 28.6 Å². The van der Waals surface area contributed by atoms with Crippen LogP contribution in [0.15, 0.2) is 35.7 Å². The number of hydrogen-bond acceptors (Lipinski definition) is 3. The molecule has 1 aliphatic rings. The van der Waals surface area contributed by atoms with Crippen LogP contribution < -0.4 is 10.2 Å². The predicted octanol–water partition coefficient (Wildman–Crippen LogP) is 3.80. The van der Waals surface area contributed by atoms with Gasteiger partial charge in [0.15, 0.2) is 0 Å². The van der Waals surface area contributed by atoms with Crippen LogP contribution in [0.1, 0.15) is 23.3 Å². The molecule has 3 nitrogen and oxygen atoms in total. The Kier molecular flexibility index (Phi) is 3.74. The van der Waals surface area contributed by atoms with Gasteiger partial charge in [-0.1, -0.05) is 0 Å². The van der Waals surface area contributed by atoms with Crippen LogP contribution in [0.2, 0.25) is 0 Å². The summed E-state index contributed by atoms with van der Waals surface area (Å²) in [7, 11) is 0. The molecule has 0 atom stereocenters. The Balaban J connectivity index is 1.64. The first kappa shape index (κ1) is 13.2. The van der Waals surface area contributed by atoms with E-state index in [9.17, 15) is 4.79 Å². The van der Waals surface area contributed by atoms with Crippen molar-refractivity contribution in [2.45, 2.75) is 26.3 Å². The summed E-state index contributed by atoms with van der Waals surface area (Å²) in [4.78, 5) is 14.9. The highest BCUT2D eigenvalue weighted by atomic mass is 32.1. The molecule has 0 bridgehead atoms. The second kappa shape index (κ2) is 5.67. The van der Waals surface area contributed by atoms with E-state index in [2.05, 4.69) is 23.7 Å². The summed E-state index contributed by atoms with van der Waals surface area (Å²) >= 11 is 1.78. The fourth-order valence-corrected chi connectivity index (χ4v) is 3.29. The van der Waals surface area contributed by atoms with Crippen LogP contribution in [-0.4, -0.2) is 12.5 Å². The summed E-state index contributed by atoms with van der Waals surface area (Å²) in [5, 5.41) is 5.54. The third kappa shape index (κ3) is 2.70. The zero-order chi connectivity index (χ0) is 13.9. The highest BCUT2D eigenvalue weighted by Crippen LogP contribution is 2.24. The van der Waals surface area contributed by atoms with E-state index in [1.807, 2.05) is 29.2 Å². The van der Waals surface area contributed by atoms with Gasteiger partial charge >= 0.3 is 0 Å². The number of aryl methyl sites for hydroxylation is 1. The largest absolute Gasteiger partial charge is 0.380 e. The molecule has 20 heavy (non-hydrogen) atoms. The molecular weight excluding hydrogens is 268 g/mol. The van der Waals surface area contributed by atoms with Crippen LogP contribution in [-0.2, 0) is 11.3 Å². The molecule has 1 aromatic carbocycles. The Bertz CT molecular complexity index is 603. The quantitative estimate of drug-likeness (QED) is 0.927. The van der Waals surface area contributed by atoms with Crippen LogP contribution in [0.3, 0.4) is 0 Å². The van der Waals surface area contributed by atoms with Gasteiger partial charge in [-0.05, 0) is 54.6 Å². The highest BCUT2D eigenvalue weighted by Gasteiger charge is 2.21. The molecule has 4 heteroatoms. The number of benzene rings is 1. The molecular formula is C16H18N2OS. The predicted molar refractivity (Wildman–Crippen MR) is 84.4 cm³/mol. The Morgan fingerprint density at radius 1 is 1.25 bits per heavy atom. The van der Waals surface area contributed by atoms with Crippen LogP contribution in [0, 0.1) is 6.92 Å². The number of rotatable bonds is 4. The summed E-state index contributed by atoms with van der Waals surface area (Å²) in [5.41, 5.74) is 3.43. The average molecular weight is 286 g/mol. The van der Waals surface area contributed by atoms with E-state index in [1.165, 1.54) is 10.4 Å². The highest BCUT2D eigenvalue weighted by molar-refractivity contribution is 7.10. The SMILES string of the molecule is Cc1ccsc1CNc1ccc(N2CCCC2=O)cc1. The van der Waals surface area contributed by atoms with E-state index in [0.29, 0.717) is 6.42 Å². The van der Waals surface area contributed by atoms with Gasteiger partial charge in [-0.3, -0.25) is 4.79 Å². The Morgan fingerprint density at radius 2 is 2.05 bits per heavy atom. The fraction of sp³-hybridized carbons (Fsp3) is 0.312. The number of amides is 1. The van der Waals surface area contributed by atoms with Crippen molar-refractivity contribution in [2.75, 3.05) is 16.8 Å². The lowest BCUT2D eigenvalue weighted by Gasteiger charge is -2.16. The van der Waals surface area contributed by atoms with Crippen molar-refractivity contribution in [3.05, 3.63) is 46.2 Å². The molecule has 3 rings (SSSR count). The van der Waals surface area contributed by atoms with Crippen molar-refractivity contribution in [1.29, 1.82) is 0 Å². The first-order chi connectivity index (χ1) is 9.74. The second-order valence-corrected chi connectivity index (χ2v) is 6.08. The van der Waals surface area contributed by atoms with Gasteiger partial charge in [0.25, 0.3) is 0 Å². The zero-order valence-corrected chi connectivity index (χ0v) is 12.4. The minimum atomic E-state index is 0.236. The minimum Gasteiger partial charge on any atom is -0.380 e. The third-order valence-corrected chi connectivity index (χ3v) is 4.70. The van der Waals surface area contributed by atoms with E-state index in [1.54, 1.807) is 11.3 Å². The smallest absolute Gasteiger partial charge is 0.227 e. The van der Waals surface area contributed by atoms with E-state index >= 15 is 0 Å². The molecule has 2 aromatic rings. The lowest BCUT2D eigenvalue weighted by Crippen LogP contribution is -2.23. The van der Waals surface area contributed by atoms with Gasteiger partial charge in [0.1, 0.15) is 0 Å². The normalized spacial score (nSPS) is 14.8. The van der Waals surface area contributed by atoms with Crippen molar-refractivity contribution in [3.63, 3.8) is 0 Å². The maximum absolute atomic E-state index is 11.7. The summed E-state index contributed by atoms with van der Waals surface area (Å²) < 4.78 is 0. The van der Waals surface area contributed by atoms with Crippen molar-refractivity contribution < 1.29 is 4.79 Å². The summed E-state index contributed by atoms with van der Waals surface area (Å²) in [6.45, 7) is 3.83. The van der Waals surface area contributed by atoms with Gasteiger partial charge < -0.3 is 10.2 Å².